The molecule has 2 heterocycles. The van der Waals surface area contributed by atoms with Gasteiger partial charge in [0.05, 0.1) is 32.5 Å². The summed E-state index contributed by atoms with van der Waals surface area (Å²) in [5.41, 5.74) is 2.04. The van der Waals surface area contributed by atoms with Gasteiger partial charge in [-0.15, -0.1) is 5.10 Å². The zero-order chi connectivity index (χ0) is 23.2. The van der Waals surface area contributed by atoms with Gasteiger partial charge in [-0.2, -0.15) is 0 Å². The molecule has 0 N–H and O–H groups in total. The minimum atomic E-state index is -0.265. The standard InChI is InChI=1S/C25H28FN5O2/c1-18(2)24(25-27-28-29-31(25)16-19-9-11-21(26)12-10-19)30(17-23-8-5-13-33-23)15-20-6-4-7-22(14-20)32-3/h4-14,18,24H,15-17H2,1-3H3/t24-/m0/s1. The van der Waals surface area contributed by atoms with Gasteiger partial charge in [-0.05, 0) is 63.9 Å². The van der Waals surface area contributed by atoms with Gasteiger partial charge in [0, 0.05) is 6.54 Å². The van der Waals surface area contributed by atoms with Crippen molar-refractivity contribution < 1.29 is 13.5 Å². The molecule has 7 nitrogen and oxygen atoms in total. The van der Waals surface area contributed by atoms with E-state index in [1.165, 1.54) is 12.1 Å². The minimum Gasteiger partial charge on any atom is -0.497 e. The van der Waals surface area contributed by atoms with Crippen LogP contribution in [0.2, 0.25) is 0 Å². The van der Waals surface area contributed by atoms with E-state index in [4.69, 9.17) is 9.15 Å². The maximum atomic E-state index is 13.4. The van der Waals surface area contributed by atoms with Gasteiger partial charge in [-0.1, -0.05) is 38.1 Å². The van der Waals surface area contributed by atoms with Gasteiger partial charge in [-0.3, -0.25) is 4.90 Å². The first-order valence-electron chi connectivity index (χ1n) is 10.9. The molecule has 0 aliphatic carbocycles. The number of hydrogen-bond acceptors (Lipinski definition) is 6. The van der Waals surface area contributed by atoms with Crippen molar-refractivity contribution in [2.75, 3.05) is 7.11 Å². The highest BCUT2D eigenvalue weighted by molar-refractivity contribution is 5.28. The van der Waals surface area contributed by atoms with E-state index in [9.17, 15) is 4.39 Å². The predicted molar refractivity (Wildman–Crippen MR) is 122 cm³/mol. The van der Waals surface area contributed by atoms with Crippen molar-refractivity contribution in [2.45, 2.75) is 39.5 Å². The molecule has 0 fully saturated rings. The topological polar surface area (TPSA) is 69.2 Å². The highest BCUT2D eigenvalue weighted by atomic mass is 19.1. The highest BCUT2D eigenvalue weighted by Gasteiger charge is 2.30. The lowest BCUT2D eigenvalue weighted by atomic mass is 10.00. The molecule has 0 saturated carbocycles. The zero-order valence-electron chi connectivity index (χ0n) is 19.1. The van der Waals surface area contributed by atoms with Crippen molar-refractivity contribution in [1.82, 2.24) is 25.1 Å². The van der Waals surface area contributed by atoms with Crippen LogP contribution in [0.25, 0.3) is 0 Å². The third-order valence-corrected chi connectivity index (χ3v) is 5.55. The van der Waals surface area contributed by atoms with Gasteiger partial charge in [-0.25, -0.2) is 9.07 Å². The van der Waals surface area contributed by atoms with Crippen molar-refractivity contribution in [1.29, 1.82) is 0 Å². The summed E-state index contributed by atoms with van der Waals surface area (Å²) in [4.78, 5) is 2.31. The summed E-state index contributed by atoms with van der Waals surface area (Å²) >= 11 is 0. The molecule has 33 heavy (non-hydrogen) atoms. The number of tetrazole rings is 1. The lowest BCUT2D eigenvalue weighted by Gasteiger charge is -2.33. The van der Waals surface area contributed by atoms with E-state index in [0.29, 0.717) is 19.6 Å². The molecule has 0 unspecified atom stereocenters. The molecular formula is C25H28FN5O2. The summed E-state index contributed by atoms with van der Waals surface area (Å²) in [7, 11) is 1.67. The van der Waals surface area contributed by atoms with Crippen LogP contribution >= 0.6 is 0 Å². The molecule has 0 radical (unpaired) electrons. The number of benzene rings is 2. The summed E-state index contributed by atoms with van der Waals surface area (Å²) in [5, 5.41) is 12.6. The van der Waals surface area contributed by atoms with E-state index in [2.05, 4.69) is 40.3 Å². The predicted octanol–water partition coefficient (Wildman–Crippen LogP) is 4.86. The van der Waals surface area contributed by atoms with Crippen LogP contribution in [0, 0.1) is 11.7 Å². The Morgan fingerprint density at radius 1 is 1.03 bits per heavy atom. The summed E-state index contributed by atoms with van der Waals surface area (Å²) < 4.78 is 26.2. The number of furan rings is 1. The fourth-order valence-electron chi connectivity index (χ4n) is 4.04. The number of methoxy groups -OCH3 is 1. The van der Waals surface area contributed by atoms with E-state index in [1.807, 2.05) is 30.3 Å². The van der Waals surface area contributed by atoms with Crippen molar-refractivity contribution in [3.05, 3.63) is 95.5 Å². The Kier molecular flexibility index (Phi) is 7.14. The average molecular weight is 450 g/mol. The quantitative estimate of drug-likeness (QED) is 0.344. The Morgan fingerprint density at radius 3 is 2.55 bits per heavy atom. The van der Waals surface area contributed by atoms with Crippen LogP contribution < -0.4 is 4.74 Å². The Bertz CT molecular complexity index is 1140. The van der Waals surface area contributed by atoms with Gasteiger partial charge in [0.2, 0.25) is 0 Å². The number of ether oxygens (including phenoxy) is 1. The molecule has 0 aliphatic heterocycles. The molecule has 0 spiro atoms. The summed E-state index contributed by atoms with van der Waals surface area (Å²) in [6, 6.07) is 18.2. The Hall–Kier alpha value is -3.52. The number of rotatable bonds is 10. The first kappa shape index (κ1) is 22.7. The fraction of sp³-hybridized carbons (Fsp3) is 0.320. The number of halogens is 1. The highest BCUT2D eigenvalue weighted by Crippen LogP contribution is 2.31. The Morgan fingerprint density at radius 2 is 1.85 bits per heavy atom. The maximum Gasteiger partial charge on any atom is 0.169 e. The van der Waals surface area contributed by atoms with Gasteiger partial charge in [0.1, 0.15) is 17.3 Å². The Labute approximate surface area is 192 Å². The molecule has 8 heteroatoms. The summed E-state index contributed by atoms with van der Waals surface area (Å²) in [6.07, 6.45) is 1.68. The van der Waals surface area contributed by atoms with Crippen LogP contribution in [-0.2, 0) is 19.6 Å². The lowest BCUT2D eigenvalue weighted by Crippen LogP contribution is -2.33. The number of hydrogen-bond donors (Lipinski definition) is 0. The van der Waals surface area contributed by atoms with Crippen molar-refractivity contribution in [3.8, 4) is 5.75 Å². The molecule has 0 bridgehead atoms. The second-order valence-corrected chi connectivity index (χ2v) is 8.35. The van der Waals surface area contributed by atoms with Crippen LogP contribution in [-0.4, -0.2) is 32.2 Å². The average Bonchev–Trinajstić information content (AvgIpc) is 3.48. The van der Waals surface area contributed by atoms with E-state index in [-0.39, 0.29) is 17.8 Å². The first-order chi connectivity index (χ1) is 16.0. The van der Waals surface area contributed by atoms with E-state index < -0.39 is 0 Å². The third-order valence-electron chi connectivity index (χ3n) is 5.55. The smallest absolute Gasteiger partial charge is 0.169 e. The maximum absolute atomic E-state index is 13.4. The van der Waals surface area contributed by atoms with Gasteiger partial charge < -0.3 is 9.15 Å². The molecule has 2 aromatic carbocycles. The number of aromatic nitrogens is 4. The van der Waals surface area contributed by atoms with Crippen LogP contribution in [0.5, 0.6) is 5.75 Å². The number of nitrogens with zero attached hydrogens (tertiary/aromatic N) is 5. The minimum absolute atomic E-state index is 0.0863. The summed E-state index contributed by atoms with van der Waals surface area (Å²) in [5.74, 6) is 2.37. The summed E-state index contributed by atoms with van der Waals surface area (Å²) in [6.45, 7) is 6.02. The second-order valence-electron chi connectivity index (χ2n) is 8.35. The molecule has 172 valence electrons. The zero-order valence-corrected chi connectivity index (χ0v) is 19.1. The van der Waals surface area contributed by atoms with Gasteiger partial charge in [0.25, 0.3) is 0 Å². The molecule has 1 atom stereocenters. The molecule has 0 saturated heterocycles. The molecule has 2 aromatic heterocycles. The van der Waals surface area contributed by atoms with E-state index >= 15 is 0 Å². The SMILES string of the molecule is COc1cccc(CN(Cc2ccco2)[C@H](c2nnnn2Cc2ccc(F)cc2)C(C)C)c1. The van der Waals surface area contributed by atoms with Crippen LogP contribution in [0.15, 0.2) is 71.3 Å². The van der Waals surface area contributed by atoms with Crippen molar-refractivity contribution in [2.24, 2.45) is 5.92 Å². The van der Waals surface area contributed by atoms with Crippen molar-refractivity contribution in [3.63, 3.8) is 0 Å². The van der Waals surface area contributed by atoms with E-state index in [0.717, 1.165) is 28.5 Å². The monoisotopic (exact) mass is 449 g/mol. The molecule has 4 rings (SSSR count). The molecule has 4 aromatic rings. The molecule has 0 aliphatic rings. The normalized spacial score (nSPS) is 12.4. The van der Waals surface area contributed by atoms with Crippen molar-refractivity contribution >= 4 is 0 Å². The first-order valence-corrected chi connectivity index (χ1v) is 10.9. The molecule has 0 amide bonds. The largest absolute Gasteiger partial charge is 0.497 e. The fourth-order valence-corrected chi connectivity index (χ4v) is 4.04. The van der Waals surface area contributed by atoms with E-state index in [1.54, 1.807) is 30.2 Å². The Balaban J connectivity index is 1.67. The second kappa shape index (κ2) is 10.4. The lowest BCUT2D eigenvalue weighted by molar-refractivity contribution is 0.117. The van der Waals surface area contributed by atoms with Crippen LogP contribution in [0.4, 0.5) is 4.39 Å². The molecular weight excluding hydrogens is 421 g/mol. The third kappa shape index (κ3) is 5.64. The van der Waals surface area contributed by atoms with Gasteiger partial charge in [0.15, 0.2) is 5.82 Å². The van der Waals surface area contributed by atoms with Crippen LogP contribution in [0.3, 0.4) is 0 Å². The van der Waals surface area contributed by atoms with Gasteiger partial charge >= 0.3 is 0 Å². The van der Waals surface area contributed by atoms with Crippen LogP contribution in [0.1, 0.15) is 42.6 Å².